The van der Waals surface area contributed by atoms with Gasteiger partial charge in [0, 0.05) is 6.20 Å². The zero-order valence-electron chi connectivity index (χ0n) is 10.3. The fourth-order valence-corrected chi connectivity index (χ4v) is 1.65. The van der Waals surface area contributed by atoms with Crippen molar-refractivity contribution in [3.63, 3.8) is 0 Å². The van der Waals surface area contributed by atoms with Crippen LogP contribution in [-0.2, 0) is 4.79 Å². The predicted molar refractivity (Wildman–Crippen MR) is 74.4 cm³/mol. The second-order valence-corrected chi connectivity index (χ2v) is 4.33. The summed E-state index contributed by atoms with van der Waals surface area (Å²) in [4.78, 5) is 15.8. The van der Waals surface area contributed by atoms with Gasteiger partial charge >= 0.3 is 0 Å². The average molecular weight is 277 g/mol. The lowest BCUT2D eigenvalue weighted by Gasteiger charge is -2.15. The molecule has 0 saturated heterocycles. The molecule has 0 radical (unpaired) electrons. The molecule has 1 aromatic carbocycles. The molecule has 19 heavy (non-hydrogen) atoms. The monoisotopic (exact) mass is 276 g/mol. The molecule has 4 nitrogen and oxygen atoms in total. The van der Waals surface area contributed by atoms with Crippen molar-refractivity contribution in [2.75, 3.05) is 5.32 Å². The highest BCUT2D eigenvalue weighted by Crippen LogP contribution is 2.24. The quantitative estimate of drug-likeness (QED) is 0.933. The molecule has 2 rings (SSSR count). The van der Waals surface area contributed by atoms with Crippen LogP contribution in [0.15, 0.2) is 48.8 Å². The van der Waals surface area contributed by atoms with E-state index in [1.165, 1.54) is 0 Å². The van der Waals surface area contributed by atoms with Gasteiger partial charge in [-0.2, -0.15) is 0 Å². The lowest BCUT2D eigenvalue weighted by molar-refractivity contribution is -0.122. The maximum atomic E-state index is 11.9. The molecule has 1 heterocycles. The predicted octanol–water partition coefficient (Wildman–Crippen LogP) is 3.14. The van der Waals surface area contributed by atoms with Crippen LogP contribution in [0.1, 0.15) is 6.92 Å². The molecule has 98 valence electrons. The summed E-state index contributed by atoms with van der Waals surface area (Å²) in [6, 6.07) is 10.5. The number of pyridine rings is 1. The molecule has 5 heteroatoms. The number of hydrogen-bond donors (Lipinski definition) is 1. The molecule has 0 bridgehead atoms. The van der Waals surface area contributed by atoms with Crippen LogP contribution in [0.4, 0.5) is 5.69 Å². The molecule has 1 N–H and O–H groups in total. The van der Waals surface area contributed by atoms with Gasteiger partial charge in [0.1, 0.15) is 5.75 Å². The number of anilines is 1. The lowest BCUT2D eigenvalue weighted by Crippen LogP contribution is -2.30. The second-order valence-electron chi connectivity index (χ2n) is 3.92. The first-order valence-corrected chi connectivity index (χ1v) is 6.16. The fraction of sp³-hybridized carbons (Fsp3) is 0.143. The lowest BCUT2D eigenvalue weighted by atomic mass is 10.3. The Morgan fingerprint density at radius 2 is 2.11 bits per heavy atom. The highest BCUT2D eigenvalue weighted by Gasteiger charge is 2.15. The number of nitrogens with one attached hydrogen (secondary N) is 1. The number of carbonyl (C=O) groups is 1. The first-order chi connectivity index (χ1) is 9.16. The Morgan fingerprint density at radius 3 is 2.79 bits per heavy atom. The number of carbonyl (C=O) groups excluding carboxylic acids is 1. The van der Waals surface area contributed by atoms with Gasteiger partial charge in [-0.15, -0.1) is 0 Å². The molecule has 1 atom stereocenters. The minimum absolute atomic E-state index is 0.257. The zero-order chi connectivity index (χ0) is 13.7. The molecular weight excluding hydrogens is 264 g/mol. The van der Waals surface area contributed by atoms with Crippen LogP contribution in [-0.4, -0.2) is 17.0 Å². The van der Waals surface area contributed by atoms with Gasteiger partial charge < -0.3 is 10.1 Å². The zero-order valence-corrected chi connectivity index (χ0v) is 11.1. The van der Waals surface area contributed by atoms with E-state index in [9.17, 15) is 4.79 Å². The van der Waals surface area contributed by atoms with E-state index in [0.717, 1.165) is 0 Å². The summed E-state index contributed by atoms with van der Waals surface area (Å²) in [7, 11) is 0. The van der Waals surface area contributed by atoms with E-state index in [4.69, 9.17) is 16.3 Å². The summed E-state index contributed by atoms with van der Waals surface area (Å²) >= 11 is 5.97. The highest BCUT2D eigenvalue weighted by atomic mass is 35.5. The molecule has 0 aliphatic carbocycles. The van der Waals surface area contributed by atoms with E-state index in [1.807, 2.05) is 0 Å². The molecule has 0 fully saturated rings. The first-order valence-electron chi connectivity index (χ1n) is 5.79. The Hall–Kier alpha value is -2.07. The number of amides is 1. The van der Waals surface area contributed by atoms with Crippen molar-refractivity contribution in [1.82, 2.24) is 4.98 Å². The largest absolute Gasteiger partial charge is 0.479 e. The van der Waals surface area contributed by atoms with Crippen LogP contribution in [0.2, 0.25) is 5.02 Å². The van der Waals surface area contributed by atoms with E-state index >= 15 is 0 Å². The third-order valence-electron chi connectivity index (χ3n) is 2.44. The van der Waals surface area contributed by atoms with Crippen LogP contribution in [0.3, 0.4) is 0 Å². The van der Waals surface area contributed by atoms with Gasteiger partial charge in [-0.1, -0.05) is 23.7 Å². The van der Waals surface area contributed by atoms with E-state index in [-0.39, 0.29) is 5.91 Å². The smallest absolute Gasteiger partial charge is 0.265 e. The number of benzene rings is 1. The van der Waals surface area contributed by atoms with Gasteiger partial charge in [0.2, 0.25) is 0 Å². The molecule has 0 saturated carbocycles. The van der Waals surface area contributed by atoms with Crippen LogP contribution in [0, 0.1) is 0 Å². The van der Waals surface area contributed by atoms with E-state index in [1.54, 1.807) is 55.7 Å². The molecule has 0 aliphatic rings. The van der Waals surface area contributed by atoms with Crippen molar-refractivity contribution < 1.29 is 9.53 Å². The molecule has 1 aromatic heterocycles. The Kier molecular flexibility index (Phi) is 4.36. The third-order valence-corrected chi connectivity index (χ3v) is 2.75. The van der Waals surface area contributed by atoms with Crippen LogP contribution in [0.25, 0.3) is 0 Å². The van der Waals surface area contributed by atoms with Crippen LogP contribution >= 0.6 is 11.6 Å². The minimum atomic E-state index is -0.653. The maximum absolute atomic E-state index is 11.9. The summed E-state index contributed by atoms with van der Waals surface area (Å²) < 4.78 is 5.51. The van der Waals surface area contributed by atoms with Crippen molar-refractivity contribution in [3.8, 4) is 5.75 Å². The number of halogens is 1. The average Bonchev–Trinajstić information content (AvgIpc) is 2.42. The Labute approximate surface area is 116 Å². The summed E-state index contributed by atoms with van der Waals surface area (Å²) in [6.07, 6.45) is 2.56. The maximum Gasteiger partial charge on any atom is 0.265 e. The molecule has 0 unspecified atom stereocenters. The van der Waals surface area contributed by atoms with Gasteiger partial charge in [-0.3, -0.25) is 9.78 Å². The molecule has 0 aliphatic heterocycles. The summed E-state index contributed by atoms with van der Waals surface area (Å²) in [6.45, 7) is 1.66. The minimum Gasteiger partial charge on any atom is -0.479 e. The number of ether oxygens (including phenoxy) is 1. The molecule has 2 aromatic rings. The van der Waals surface area contributed by atoms with Gasteiger partial charge in [0.15, 0.2) is 6.10 Å². The molecule has 0 spiro atoms. The van der Waals surface area contributed by atoms with E-state index < -0.39 is 6.10 Å². The number of rotatable bonds is 4. The standard InChI is InChI=1S/C14H13ClN2O2/c1-10(19-13-7-3-2-6-12(13)15)14(18)17-11-5-4-8-16-9-11/h2-10H,1H3,(H,17,18)/t10-/m1/s1. The van der Waals surface area contributed by atoms with Crippen molar-refractivity contribution in [1.29, 1.82) is 0 Å². The van der Waals surface area contributed by atoms with Crippen molar-refractivity contribution in [2.45, 2.75) is 13.0 Å². The molecular formula is C14H13ClN2O2. The van der Waals surface area contributed by atoms with Crippen molar-refractivity contribution >= 4 is 23.2 Å². The van der Waals surface area contributed by atoms with E-state index in [0.29, 0.717) is 16.5 Å². The molecule has 1 amide bonds. The topological polar surface area (TPSA) is 51.2 Å². The van der Waals surface area contributed by atoms with E-state index in [2.05, 4.69) is 10.3 Å². The third kappa shape index (κ3) is 3.69. The number of hydrogen-bond acceptors (Lipinski definition) is 3. The van der Waals surface area contributed by atoms with Gasteiger partial charge in [0.05, 0.1) is 16.9 Å². The Balaban J connectivity index is 1.98. The van der Waals surface area contributed by atoms with Gasteiger partial charge in [-0.25, -0.2) is 0 Å². The van der Waals surface area contributed by atoms with Crippen LogP contribution in [0.5, 0.6) is 5.75 Å². The first kappa shape index (κ1) is 13.4. The fourth-order valence-electron chi connectivity index (χ4n) is 1.46. The van der Waals surface area contributed by atoms with Crippen LogP contribution < -0.4 is 10.1 Å². The Bertz CT molecular complexity index is 560. The number of nitrogens with zero attached hydrogens (tertiary/aromatic N) is 1. The normalized spacial score (nSPS) is 11.7. The number of aromatic nitrogens is 1. The van der Waals surface area contributed by atoms with Gasteiger partial charge in [0.25, 0.3) is 5.91 Å². The van der Waals surface area contributed by atoms with Crippen molar-refractivity contribution in [2.24, 2.45) is 0 Å². The highest BCUT2D eigenvalue weighted by molar-refractivity contribution is 6.32. The van der Waals surface area contributed by atoms with Crippen molar-refractivity contribution in [3.05, 3.63) is 53.8 Å². The second kappa shape index (κ2) is 6.20. The summed E-state index contributed by atoms with van der Waals surface area (Å²) in [5.74, 6) is 0.228. The summed E-state index contributed by atoms with van der Waals surface area (Å²) in [5.41, 5.74) is 0.627. The Morgan fingerprint density at radius 1 is 1.32 bits per heavy atom. The van der Waals surface area contributed by atoms with Gasteiger partial charge in [-0.05, 0) is 31.2 Å². The number of para-hydroxylation sites is 1. The SMILES string of the molecule is C[C@@H](Oc1ccccc1Cl)C(=O)Nc1cccnc1. The summed E-state index contributed by atoms with van der Waals surface area (Å²) in [5, 5.41) is 3.19.